The zero-order valence-corrected chi connectivity index (χ0v) is 3.60. The molecule has 0 aromatic carbocycles. The van der Waals surface area contributed by atoms with Crippen molar-refractivity contribution < 1.29 is 4.31 Å². The second kappa shape index (κ2) is 1.05. The van der Waals surface area contributed by atoms with E-state index in [1.807, 2.05) is 0 Å². The highest BCUT2D eigenvalue weighted by Crippen LogP contribution is 1.69. The highest BCUT2D eigenvalue weighted by molar-refractivity contribution is 6.13. The summed E-state index contributed by atoms with van der Waals surface area (Å²) in [6, 6.07) is 0. The maximum atomic E-state index is 5.07. The molecule has 0 aliphatic carbocycles. The van der Waals surface area contributed by atoms with Crippen molar-refractivity contribution in [3.05, 3.63) is 0 Å². The monoisotopic (exact) mass is 66.1 g/mol. The van der Waals surface area contributed by atoms with E-state index >= 15 is 0 Å². The molecule has 5 heavy (non-hydrogen) atoms. The van der Waals surface area contributed by atoms with Crippen LogP contribution < -0.4 is 0 Å². The van der Waals surface area contributed by atoms with Crippen LogP contribution in [0, 0.1) is 0 Å². The number of hydrogen-bond donors (Lipinski definition) is 0. The fourth-order valence-corrected chi connectivity index (χ4v) is 0. The lowest BCUT2D eigenvalue weighted by atomic mass is 10.1. The molecule has 0 unspecified atom stereocenters. The quantitative estimate of drug-likeness (QED) is 0.325. The van der Waals surface area contributed by atoms with Gasteiger partial charge in [0.25, 0.3) is 0 Å². The maximum absolute atomic E-state index is 5.07. The lowest BCUT2D eigenvalue weighted by molar-refractivity contribution is -0.641. The third kappa shape index (κ3) is 2210. The van der Waals surface area contributed by atoms with Gasteiger partial charge in [0.05, 0.1) is 0 Å². The molecule has 0 saturated heterocycles. The Kier molecular flexibility index (Phi) is 1.07. The molecule has 0 saturated carbocycles. The minimum absolute atomic E-state index is 0. The molecule has 0 aliphatic rings. The van der Waals surface area contributed by atoms with Gasteiger partial charge in [0.1, 0.15) is 0 Å². The molecule has 3 heteroatoms. The number of nitrogens with zero attached hydrogens (tertiary/aromatic N) is 1. The normalized spacial score (nSPS) is 12.0. The van der Waals surface area contributed by atoms with Crippen LogP contribution in [0.15, 0.2) is 0 Å². The van der Waals surface area contributed by atoms with Crippen LogP contribution >= 0.6 is 0 Å². The van der Waals surface area contributed by atoms with E-state index in [9.17, 15) is 0 Å². The molecule has 1 nitrogen and oxygen atoms in total. The van der Waals surface area contributed by atoms with Gasteiger partial charge in [-0.05, 0) is 14.1 Å². The van der Waals surface area contributed by atoms with Gasteiger partial charge in [-0.3, -0.25) is 16.0 Å². The zero-order valence-electron chi connectivity index (χ0n) is 3.60. The van der Waals surface area contributed by atoms with Crippen LogP contribution in [0.2, 0.25) is 0 Å². The maximum Gasteiger partial charge on any atom is -0.0221 e. The van der Waals surface area contributed by atoms with E-state index < -0.39 is 0 Å². The molecule has 0 spiro atoms. The van der Waals surface area contributed by atoms with Gasteiger partial charge in [0.15, 0.2) is 0 Å². The lowest BCUT2D eigenvalue weighted by Crippen LogP contribution is -2.32. The topological polar surface area (TPSA) is 0 Å². The van der Waals surface area contributed by atoms with Crippen LogP contribution in [0.3, 0.4) is 0 Å². The standard InChI is InChI=1S/C2H6B2N/c1-5(2,3)4/h1-2H3/q-1. The van der Waals surface area contributed by atoms with Crippen LogP contribution in [-0.2, 0) is 0 Å². The fourth-order valence-electron chi connectivity index (χ4n) is 0. The molecule has 0 N–H and O–H groups in total. The first-order chi connectivity index (χ1) is 2.00. The van der Waals surface area contributed by atoms with Crippen molar-refractivity contribution in [2.45, 2.75) is 0 Å². The van der Waals surface area contributed by atoms with E-state index in [0.717, 1.165) is 0 Å². The summed E-state index contributed by atoms with van der Waals surface area (Å²) < 4.78 is 0. The Labute approximate surface area is 35.4 Å². The molecular formula is C2H6B2N-. The molecule has 0 heterocycles. The minimum Gasteiger partial charge on any atom is -0.868 e. The second-order valence-electron chi connectivity index (χ2n) is 1.63. The predicted octanol–water partition coefficient (Wildman–Crippen LogP) is -0.770. The van der Waals surface area contributed by atoms with Gasteiger partial charge < -0.3 is 4.31 Å². The molecule has 0 aromatic rings. The van der Waals surface area contributed by atoms with Crippen LogP contribution in [0.25, 0.3) is 0 Å². The minimum atomic E-state index is 0. The van der Waals surface area contributed by atoms with Crippen molar-refractivity contribution in [2.24, 2.45) is 0 Å². The molecule has 6 radical (unpaired) electrons. The highest BCUT2D eigenvalue weighted by Gasteiger charge is 1.53. The third-order valence-electron chi connectivity index (χ3n) is 0. The zero-order chi connectivity index (χ0) is 4.50. The first-order valence-corrected chi connectivity index (χ1v) is 1.41. The Morgan fingerprint density at radius 2 is 1.20 bits per heavy atom. The van der Waals surface area contributed by atoms with Crippen molar-refractivity contribution in [1.29, 1.82) is 0 Å². The van der Waals surface area contributed by atoms with Gasteiger partial charge in [0, 0.05) is 0 Å². The molecule has 0 aliphatic heterocycles. The largest absolute Gasteiger partial charge is 0.868 e. The van der Waals surface area contributed by atoms with Gasteiger partial charge in [-0.2, -0.15) is 0 Å². The summed E-state index contributed by atoms with van der Waals surface area (Å²) in [6.07, 6.45) is 0. The average Bonchev–Trinajstić information content (AvgIpc) is 0.722. The van der Waals surface area contributed by atoms with Gasteiger partial charge in [-0.25, -0.2) is 0 Å². The summed E-state index contributed by atoms with van der Waals surface area (Å²) >= 11 is 0. The van der Waals surface area contributed by atoms with E-state index in [-0.39, 0.29) is 4.31 Å². The van der Waals surface area contributed by atoms with Gasteiger partial charge >= 0.3 is 0 Å². The van der Waals surface area contributed by atoms with Crippen molar-refractivity contribution in [3.8, 4) is 0 Å². The molecule has 26 valence electrons. The van der Waals surface area contributed by atoms with Crippen LogP contribution in [0.1, 0.15) is 0 Å². The van der Waals surface area contributed by atoms with Crippen molar-refractivity contribution >= 4 is 16.0 Å². The average molecular weight is 65.7 g/mol. The molecule has 0 atom stereocenters. The molecule has 0 rings (SSSR count). The van der Waals surface area contributed by atoms with E-state index in [2.05, 4.69) is 0 Å². The van der Waals surface area contributed by atoms with E-state index in [1.165, 1.54) is 0 Å². The van der Waals surface area contributed by atoms with Gasteiger partial charge in [0.2, 0.25) is 0 Å². The second-order valence-corrected chi connectivity index (χ2v) is 1.63. The lowest BCUT2D eigenvalue weighted by Gasteiger charge is -2.54. The van der Waals surface area contributed by atoms with E-state index in [1.54, 1.807) is 14.1 Å². The van der Waals surface area contributed by atoms with Crippen LogP contribution in [-0.4, -0.2) is 34.4 Å². The van der Waals surface area contributed by atoms with Gasteiger partial charge in [-0.15, -0.1) is 0 Å². The fraction of sp³-hybridized carbons (Fsp3) is 1.00. The van der Waals surface area contributed by atoms with Crippen molar-refractivity contribution in [1.82, 2.24) is 0 Å². The summed E-state index contributed by atoms with van der Waals surface area (Å²) in [5, 5.41) is 0. The predicted molar refractivity (Wildman–Crippen MR) is 23.6 cm³/mol. The SMILES string of the molecule is [B-][N+]([B-])(C)C. The van der Waals surface area contributed by atoms with E-state index in [0.29, 0.717) is 0 Å². The Morgan fingerprint density at radius 1 is 1.20 bits per heavy atom. The van der Waals surface area contributed by atoms with Crippen LogP contribution in [0.5, 0.6) is 0 Å². The van der Waals surface area contributed by atoms with Crippen LogP contribution in [0.4, 0.5) is 0 Å². The third-order valence-corrected chi connectivity index (χ3v) is 0. The number of quaternary nitrogens is 1. The summed E-state index contributed by atoms with van der Waals surface area (Å²) in [7, 11) is 13.5. The molecule has 0 amide bonds. The first-order valence-electron chi connectivity index (χ1n) is 1.41. The van der Waals surface area contributed by atoms with E-state index in [4.69, 9.17) is 16.0 Å². The summed E-state index contributed by atoms with van der Waals surface area (Å²) in [4.78, 5) is 0. The van der Waals surface area contributed by atoms with Crippen molar-refractivity contribution in [2.75, 3.05) is 14.1 Å². The van der Waals surface area contributed by atoms with Crippen molar-refractivity contribution in [3.63, 3.8) is 0 Å². The number of rotatable bonds is 0. The first kappa shape index (κ1) is 5.09. The Balaban J connectivity index is 3.02. The Bertz CT molecular complexity index is 23.1. The summed E-state index contributed by atoms with van der Waals surface area (Å²) in [5.41, 5.74) is 0. The smallest absolute Gasteiger partial charge is 0.0221 e. The molecular weight excluding hydrogens is 59.7 g/mol. The Hall–Kier alpha value is 0.0899. The van der Waals surface area contributed by atoms with Gasteiger partial charge in [-0.1, -0.05) is 0 Å². The molecule has 0 fully saturated rings. The number of hydrogen-bond acceptors (Lipinski definition) is 0. The highest BCUT2D eigenvalue weighted by atomic mass is 15.1. The Morgan fingerprint density at radius 3 is 1.20 bits per heavy atom. The summed E-state index contributed by atoms with van der Waals surface area (Å²) in [6.45, 7) is 0. The summed E-state index contributed by atoms with van der Waals surface area (Å²) in [5.74, 6) is 0. The molecule has 0 bridgehead atoms. The molecule has 0 aromatic heterocycles.